The molecule has 0 saturated heterocycles. The van der Waals surface area contributed by atoms with E-state index in [1.165, 1.54) is 6.92 Å². The molecule has 1 aromatic carbocycles. The number of rotatable bonds is 12. The van der Waals surface area contributed by atoms with Gasteiger partial charge in [-0.1, -0.05) is 24.3 Å². The number of guanidine groups is 1. The number of nitrogens with one attached hydrogen (secondary N) is 5. The lowest BCUT2D eigenvalue weighted by atomic mass is 9.93. The van der Waals surface area contributed by atoms with Crippen LogP contribution in [0.15, 0.2) is 24.3 Å². The second-order valence-corrected chi connectivity index (χ2v) is 8.26. The van der Waals surface area contributed by atoms with Gasteiger partial charge in [-0.2, -0.15) is 0 Å². The molecule has 1 aliphatic carbocycles. The molecule has 2 rings (SSSR count). The topological polar surface area (TPSA) is 192 Å². The van der Waals surface area contributed by atoms with Crippen LogP contribution in [0.5, 0.6) is 0 Å². The van der Waals surface area contributed by atoms with Crippen molar-refractivity contribution in [1.82, 2.24) is 21.3 Å². The largest absolute Gasteiger partial charge is 0.370 e. The van der Waals surface area contributed by atoms with Gasteiger partial charge in [-0.3, -0.25) is 24.6 Å². The Labute approximate surface area is 192 Å². The summed E-state index contributed by atoms with van der Waals surface area (Å²) in [4.78, 5) is 49.1. The van der Waals surface area contributed by atoms with E-state index in [1.807, 2.05) is 24.3 Å². The molecule has 1 atom stereocenters. The molecule has 1 aliphatic rings. The molecule has 4 amide bonds. The van der Waals surface area contributed by atoms with Gasteiger partial charge in [-0.25, -0.2) is 0 Å². The van der Waals surface area contributed by atoms with Gasteiger partial charge in [0.25, 0.3) is 0 Å². The summed E-state index contributed by atoms with van der Waals surface area (Å²) in [6, 6.07) is 6.61. The molecule has 180 valence electrons. The molecule has 33 heavy (non-hydrogen) atoms. The van der Waals surface area contributed by atoms with Crippen molar-refractivity contribution in [2.45, 2.75) is 57.0 Å². The van der Waals surface area contributed by atoms with Gasteiger partial charge < -0.3 is 32.7 Å². The Morgan fingerprint density at radius 1 is 1.03 bits per heavy atom. The van der Waals surface area contributed by atoms with Crippen molar-refractivity contribution in [3.8, 4) is 0 Å². The Hall–Kier alpha value is -3.63. The van der Waals surface area contributed by atoms with Gasteiger partial charge in [0.05, 0.1) is 0 Å². The molecule has 0 radical (unpaired) electrons. The van der Waals surface area contributed by atoms with E-state index >= 15 is 0 Å². The van der Waals surface area contributed by atoms with Gasteiger partial charge >= 0.3 is 0 Å². The van der Waals surface area contributed by atoms with Crippen molar-refractivity contribution >= 4 is 29.6 Å². The average molecular weight is 460 g/mol. The fourth-order valence-corrected chi connectivity index (χ4v) is 3.89. The second-order valence-electron chi connectivity index (χ2n) is 8.26. The minimum absolute atomic E-state index is 0.0363. The van der Waals surface area contributed by atoms with E-state index in [-0.39, 0.29) is 24.7 Å². The van der Waals surface area contributed by atoms with Gasteiger partial charge in [0, 0.05) is 39.3 Å². The Morgan fingerprint density at radius 2 is 1.61 bits per heavy atom. The first-order chi connectivity index (χ1) is 15.6. The lowest BCUT2D eigenvalue weighted by Crippen LogP contribution is -2.63. The first-order valence-electron chi connectivity index (χ1n) is 10.9. The number of amides is 4. The van der Waals surface area contributed by atoms with Crippen LogP contribution in [0.25, 0.3) is 0 Å². The van der Waals surface area contributed by atoms with Crippen LogP contribution in [0.4, 0.5) is 0 Å². The predicted molar refractivity (Wildman–Crippen MR) is 123 cm³/mol. The molecule has 0 fully saturated rings. The van der Waals surface area contributed by atoms with E-state index in [1.54, 1.807) is 0 Å². The first kappa shape index (κ1) is 25.6. The zero-order valence-corrected chi connectivity index (χ0v) is 18.8. The highest BCUT2D eigenvalue weighted by atomic mass is 16.2. The van der Waals surface area contributed by atoms with Gasteiger partial charge in [-0.05, 0) is 30.4 Å². The summed E-state index contributed by atoms with van der Waals surface area (Å²) in [6.45, 7) is 2.19. The van der Waals surface area contributed by atoms with E-state index in [0.717, 1.165) is 11.1 Å². The highest BCUT2D eigenvalue weighted by Crippen LogP contribution is 2.30. The summed E-state index contributed by atoms with van der Waals surface area (Å²) in [5.41, 5.74) is 11.2. The molecule has 0 heterocycles. The maximum Gasteiger partial charge on any atom is 0.246 e. The quantitative estimate of drug-likeness (QED) is 0.116. The standard InChI is InChI=1S/C22H33N7O4/c1-14(30)28-17(8-9-18(23)31)19(32)29-22(12-15-6-2-3-7-16(15)13-22)20(33)26-10-4-5-11-27-21(24)25/h2-3,6-7,17H,4-5,8-13H2,1H3,(H2,23,31)(H,26,33)(H,28,30)(H,29,32)(H4,24,25,27)/t17-/m0/s1. The lowest BCUT2D eigenvalue weighted by Gasteiger charge is -2.31. The average Bonchev–Trinajstić information content (AvgIpc) is 3.12. The molecule has 0 unspecified atom stereocenters. The zero-order chi connectivity index (χ0) is 24.4. The minimum atomic E-state index is -1.21. The molecule has 0 saturated carbocycles. The summed E-state index contributed by atoms with van der Waals surface area (Å²) < 4.78 is 0. The number of hydrogen-bond donors (Lipinski definition) is 7. The molecule has 0 spiro atoms. The van der Waals surface area contributed by atoms with Gasteiger partial charge in [0.1, 0.15) is 11.6 Å². The van der Waals surface area contributed by atoms with Crippen molar-refractivity contribution in [3.05, 3.63) is 35.4 Å². The van der Waals surface area contributed by atoms with Gasteiger partial charge in [0.15, 0.2) is 5.96 Å². The Bertz CT molecular complexity index is 877. The van der Waals surface area contributed by atoms with Crippen LogP contribution in [0.2, 0.25) is 0 Å². The molecule has 0 aromatic heterocycles. The van der Waals surface area contributed by atoms with E-state index in [0.29, 0.717) is 38.8 Å². The minimum Gasteiger partial charge on any atom is -0.370 e. The first-order valence-corrected chi connectivity index (χ1v) is 10.9. The Balaban J connectivity index is 2.10. The smallest absolute Gasteiger partial charge is 0.246 e. The van der Waals surface area contributed by atoms with Gasteiger partial charge in [-0.15, -0.1) is 0 Å². The molecular weight excluding hydrogens is 426 g/mol. The summed E-state index contributed by atoms with van der Waals surface area (Å²) in [6.07, 6.45) is 1.96. The van der Waals surface area contributed by atoms with Gasteiger partial charge in [0.2, 0.25) is 23.6 Å². The molecule has 11 heteroatoms. The van der Waals surface area contributed by atoms with E-state index in [9.17, 15) is 19.2 Å². The molecule has 9 N–H and O–H groups in total. The molecule has 11 nitrogen and oxygen atoms in total. The van der Waals surface area contributed by atoms with Crippen LogP contribution in [0.1, 0.15) is 43.7 Å². The summed E-state index contributed by atoms with van der Waals surface area (Å²) in [7, 11) is 0. The van der Waals surface area contributed by atoms with E-state index in [2.05, 4.69) is 21.3 Å². The van der Waals surface area contributed by atoms with E-state index in [4.69, 9.17) is 16.9 Å². The number of unbranched alkanes of at least 4 members (excludes halogenated alkanes) is 1. The van der Waals surface area contributed by atoms with Crippen LogP contribution < -0.4 is 32.7 Å². The second kappa shape index (κ2) is 11.8. The summed E-state index contributed by atoms with van der Waals surface area (Å²) in [5, 5.41) is 18.1. The molecule has 0 aliphatic heterocycles. The highest BCUT2D eigenvalue weighted by Gasteiger charge is 2.45. The van der Waals surface area contributed by atoms with Crippen LogP contribution >= 0.6 is 0 Å². The maximum atomic E-state index is 13.3. The normalized spacial score (nSPS) is 14.5. The predicted octanol–water partition coefficient (Wildman–Crippen LogP) is -1.21. The molecular formula is C22H33N7O4. The Kier molecular flexibility index (Phi) is 9.19. The SMILES string of the molecule is CC(=O)N[C@@H](CCC(N)=O)C(=O)NC1(C(=O)NCCCCNC(=N)N)Cc2ccccc2C1. The third-order valence-electron chi connectivity index (χ3n) is 5.48. The maximum absolute atomic E-state index is 13.3. The monoisotopic (exact) mass is 459 g/mol. The fourth-order valence-electron chi connectivity index (χ4n) is 3.89. The molecule has 0 bridgehead atoms. The van der Waals surface area contributed by atoms with Crippen LogP contribution in [0, 0.1) is 5.41 Å². The summed E-state index contributed by atoms with van der Waals surface area (Å²) in [5.74, 6) is -1.97. The number of hydrogen-bond acceptors (Lipinski definition) is 5. The van der Waals surface area contributed by atoms with Crippen LogP contribution in [0.3, 0.4) is 0 Å². The van der Waals surface area contributed by atoms with Crippen molar-refractivity contribution < 1.29 is 19.2 Å². The number of carbonyl (C=O) groups excluding carboxylic acids is 4. The van der Waals surface area contributed by atoms with E-state index < -0.39 is 29.3 Å². The van der Waals surface area contributed by atoms with Crippen molar-refractivity contribution in [2.24, 2.45) is 11.5 Å². The third kappa shape index (κ3) is 7.78. The van der Waals surface area contributed by atoms with Crippen molar-refractivity contribution in [3.63, 3.8) is 0 Å². The van der Waals surface area contributed by atoms with Crippen LogP contribution in [-0.2, 0) is 32.0 Å². The number of carbonyl (C=O) groups is 4. The highest BCUT2D eigenvalue weighted by molar-refractivity contribution is 5.95. The Morgan fingerprint density at radius 3 is 2.12 bits per heavy atom. The lowest BCUT2D eigenvalue weighted by molar-refractivity contribution is -0.135. The number of fused-ring (bicyclic) bond motifs is 1. The molecule has 1 aromatic rings. The number of nitrogens with two attached hydrogens (primary N) is 2. The third-order valence-corrected chi connectivity index (χ3v) is 5.48. The van der Waals surface area contributed by atoms with Crippen LogP contribution in [-0.4, -0.2) is 54.3 Å². The number of primary amides is 1. The number of benzene rings is 1. The van der Waals surface area contributed by atoms with Crippen molar-refractivity contribution in [1.29, 1.82) is 5.41 Å². The fraction of sp³-hybridized carbons (Fsp3) is 0.500. The van der Waals surface area contributed by atoms with Crippen molar-refractivity contribution in [2.75, 3.05) is 13.1 Å². The summed E-state index contributed by atoms with van der Waals surface area (Å²) >= 11 is 0. The zero-order valence-electron chi connectivity index (χ0n) is 18.8.